The minimum atomic E-state index is -3.76. The molecule has 0 aromatic carbocycles. The molecule has 0 heterocycles. The lowest BCUT2D eigenvalue weighted by Crippen LogP contribution is -2.41. The number of primary sulfonamides is 1. The Morgan fingerprint density at radius 1 is 1.35 bits per heavy atom. The van der Waals surface area contributed by atoms with Crippen LogP contribution in [-0.4, -0.2) is 33.0 Å². The van der Waals surface area contributed by atoms with Crippen molar-refractivity contribution in [2.75, 3.05) is 12.6 Å². The Balaban J connectivity index is 3.76. The lowest BCUT2D eigenvalue weighted by molar-refractivity contribution is -0.148. The molecule has 0 bridgehead atoms. The largest absolute Gasteiger partial charge is 0.444 e. The van der Waals surface area contributed by atoms with Gasteiger partial charge in [0.2, 0.25) is 10.0 Å². The van der Waals surface area contributed by atoms with Crippen molar-refractivity contribution in [1.82, 2.24) is 10.6 Å². The molecule has 0 fully saturated rings. The second-order valence-electron chi connectivity index (χ2n) is 3.41. The van der Waals surface area contributed by atoms with Gasteiger partial charge in [-0.25, -0.2) is 18.4 Å². The number of nitrogens with two attached hydrogens (primary N) is 1. The molecular weight excluding hydrogens is 250 g/mol. The SMILES string of the molecule is CCC(C)C(=O)OCNC(=O)NCS(N)(=O)=O. The number of urea groups is 1. The van der Waals surface area contributed by atoms with Crippen molar-refractivity contribution in [2.24, 2.45) is 11.1 Å². The van der Waals surface area contributed by atoms with Gasteiger partial charge < -0.3 is 15.4 Å². The van der Waals surface area contributed by atoms with Gasteiger partial charge in [-0.05, 0) is 6.42 Å². The van der Waals surface area contributed by atoms with E-state index in [0.29, 0.717) is 6.42 Å². The van der Waals surface area contributed by atoms with Crippen LogP contribution in [0.15, 0.2) is 0 Å². The number of rotatable bonds is 6. The zero-order valence-electron chi connectivity index (χ0n) is 9.73. The molecule has 0 aliphatic heterocycles. The van der Waals surface area contributed by atoms with E-state index in [-0.39, 0.29) is 12.6 Å². The Morgan fingerprint density at radius 3 is 2.41 bits per heavy atom. The zero-order valence-corrected chi connectivity index (χ0v) is 10.5. The standard InChI is InChI=1S/C8H17N3O5S/c1-3-6(2)7(12)16-4-10-8(13)11-5-17(9,14)15/h6H,3-5H2,1-2H3,(H2,9,14,15)(H2,10,11,13). The molecule has 0 aromatic heterocycles. The maximum atomic E-state index is 11.2. The molecular formula is C8H17N3O5S. The number of ether oxygens (including phenoxy) is 1. The lowest BCUT2D eigenvalue weighted by atomic mass is 10.1. The molecule has 0 radical (unpaired) electrons. The molecule has 0 aliphatic rings. The summed E-state index contributed by atoms with van der Waals surface area (Å²) in [6, 6.07) is -0.782. The van der Waals surface area contributed by atoms with Crippen LogP contribution in [0, 0.1) is 5.92 Å². The highest BCUT2D eigenvalue weighted by atomic mass is 32.2. The normalized spacial score (nSPS) is 12.6. The van der Waals surface area contributed by atoms with Gasteiger partial charge in [-0.1, -0.05) is 13.8 Å². The van der Waals surface area contributed by atoms with Gasteiger partial charge in [-0.3, -0.25) is 4.79 Å². The van der Waals surface area contributed by atoms with Crippen molar-refractivity contribution in [3.05, 3.63) is 0 Å². The third kappa shape index (κ3) is 8.46. The van der Waals surface area contributed by atoms with Crippen molar-refractivity contribution >= 4 is 22.0 Å². The van der Waals surface area contributed by atoms with E-state index in [0.717, 1.165) is 0 Å². The van der Waals surface area contributed by atoms with Crippen molar-refractivity contribution in [3.8, 4) is 0 Å². The van der Waals surface area contributed by atoms with Crippen LogP contribution < -0.4 is 15.8 Å². The summed E-state index contributed by atoms with van der Waals surface area (Å²) in [6.07, 6.45) is 0.635. The maximum Gasteiger partial charge on any atom is 0.318 e. The average molecular weight is 267 g/mol. The number of carbonyl (C=O) groups is 2. The van der Waals surface area contributed by atoms with E-state index in [1.54, 1.807) is 6.92 Å². The number of hydrogen-bond donors (Lipinski definition) is 3. The number of carbonyl (C=O) groups excluding carboxylic acids is 2. The minimum Gasteiger partial charge on any atom is -0.444 e. The van der Waals surface area contributed by atoms with E-state index >= 15 is 0 Å². The fourth-order valence-corrected chi connectivity index (χ4v) is 1.04. The molecule has 0 saturated carbocycles. The molecule has 17 heavy (non-hydrogen) atoms. The topological polar surface area (TPSA) is 128 Å². The Morgan fingerprint density at radius 2 is 1.94 bits per heavy atom. The summed E-state index contributed by atoms with van der Waals surface area (Å²) in [4.78, 5) is 22.1. The monoisotopic (exact) mass is 267 g/mol. The van der Waals surface area contributed by atoms with E-state index in [4.69, 9.17) is 4.74 Å². The molecule has 4 N–H and O–H groups in total. The molecule has 9 heteroatoms. The summed E-state index contributed by atoms with van der Waals surface area (Å²) in [7, 11) is -3.76. The van der Waals surface area contributed by atoms with Gasteiger partial charge in [0.15, 0.2) is 6.73 Å². The first-order chi connectivity index (χ1) is 7.76. The van der Waals surface area contributed by atoms with Gasteiger partial charge in [0.05, 0.1) is 5.92 Å². The Hall–Kier alpha value is -1.35. The summed E-state index contributed by atoms with van der Waals surface area (Å²) in [5, 5.41) is 8.80. The van der Waals surface area contributed by atoms with E-state index in [1.165, 1.54) is 0 Å². The Labute approximate surface area is 99.9 Å². The van der Waals surface area contributed by atoms with Gasteiger partial charge in [0, 0.05) is 0 Å². The van der Waals surface area contributed by atoms with Crippen molar-refractivity contribution in [3.63, 3.8) is 0 Å². The quantitative estimate of drug-likeness (QED) is 0.423. The second-order valence-corrected chi connectivity index (χ2v) is 5.02. The molecule has 2 amide bonds. The highest BCUT2D eigenvalue weighted by molar-refractivity contribution is 7.89. The van der Waals surface area contributed by atoms with Crippen LogP contribution in [0.25, 0.3) is 0 Å². The van der Waals surface area contributed by atoms with Gasteiger partial charge in [-0.2, -0.15) is 0 Å². The Bertz CT molecular complexity index is 367. The van der Waals surface area contributed by atoms with E-state index in [9.17, 15) is 18.0 Å². The van der Waals surface area contributed by atoms with Gasteiger partial charge in [0.1, 0.15) is 5.88 Å². The molecule has 0 spiro atoms. The molecule has 1 atom stereocenters. The molecule has 100 valence electrons. The van der Waals surface area contributed by atoms with E-state index in [1.807, 2.05) is 12.2 Å². The van der Waals surface area contributed by atoms with E-state index < -0.39 is 27.9 Å². The lowest BCUT2D eigenvalue weighted by Gasteiger charge is -2.10. The van der Waals surface area contributed by atoms with Crippen LogP contribution in [-0.2, 0) is 19.6 Å². The third-order valence-electron chi connectivity index (χ3n) is 1.90. The van der Waals surface area contributed by atoms with Crippen molar-refractivity contribution < 1.29 is 22.7 Å². The summed E-state index contributed by atoms with van der Waals surface area (Å²) in [5.41, 5.74) is 0. The molecule has 0 aromatic rings. The van der Waals surface area contributed by atoms with Crippen LogP contribution in [0.4, 0.5) is 4.79 Å². The fourth-order valence-electron chi connectivity index (χ4n) is 0.710. The molecule has 0 saturated heterocycles. The second kappa shape index (κ2) is 7.07. The number of nitrogens with one attached hydrogen (secondary N) is 2. The summed E-state index contributed by atoms with van der Waals surface area (Å²) in [5.74, 6) is -1.36. The van der Waals surface area contributed by atoms with Gasteiger partial charge in [0.25, 0.3) is 0 Å². The maximum absolute atomic E-state index is 11.2. The van der Waals surface area contributed by atoms with Crippen molar-refractivity contribution in [1.29, 1.82) is 0 Å². The number of sulfonamides is 1. The van der Waals surface area contributed by atoms with Crippen molar-refractivity contribution in [2.45, 2.75) is 20.3 Å². The molecule has 0 aliphatic carbocycles. The number of hydrogen-bond acceptors (Lipinski definition) is 5. The molecule has 0 rings (SSSR count). The van der Waals surface area contributed by atoms with Crippen LogP contribution >= 0.6 is 0 Å². The third-order valence-corrected chi connectivity index (χ3v) is 2.44. The minimum absolute atomic E-state index is 0.246. The summed E-state index contributed by atoms with van der Waals surface area (Å²) < 4.78 is 25.7. The number of esters is 1. The zero-order chi connectivity index (χ0) is 13.5. The highest BCUT2D eigenvalue weighted by Crippen LogP contribution is 2.01. The predicted octanol–water partition coefficient (Wildman–Crippen LogP) is -0.922. The molecule has 8 nitrogen and oxygen atoms in total. The van der Waals surface area contributed by atoms with Crippen LogP contribution in [0.3, 0.4) is 0 Å². The van der Waals surface area contributed by atoms with Crippen LogP contribution in [0.2, 0.25) is 0 Å². The average Bonchev–Trinajstić information content (AvgIpc) is 2.24. The first-order valence-electron chi connectivity index (χ1n) is 4.95. The summed E-state index contributed by atoms with van der Waals surface area (Å²) in [6.45, 7) is 3.21. The predicted molar refractivity (Wildman–Crippen MR) is 60.1 cm³/mol. The fraction of sp³-hybridized carbons (Fsp3) is 0.750. The molecule has 1 unspecified atom stereocenters. The van der Waals surface area contributed by atoms with E-state index in [2.05, 4.69) is 10.5 Å². The van der Waals surface area contributed by atoms with Crippen LogP contribution in [0.5, 0.6) is 0 Å². The Kier molecular flexibility index (Phi) is 6.51. The highest BCUT2D eigenvalue weighted by Gasteiger charge is 2.12. The smallest absolute Gasteiger partial charge is 0.318 e. The van der Waals surface area contributed by atoms with Gasteiger partial charge >= 0.3 is 12.0 Å². The first kappa shape index (κ1) is 15.7. The first-order valence-corrected chi connectivity index (χ1v) is 6.66. The number of amides is 2. The van der Waals surface area contributed by atoms with Gasteiger partial charge in [-0.15, -0.1) is 0 Å². The van der Waals surface area contributed by atoms with Crippen LogP contribution in [0.1, 0.15) is 20.3 Å². The summed E-state index contributed by atoms with van der Waals surface area (Å²) >= 11 is 0.